The number of nitrogens with zero attached hydrogens (tertiary/aromatic N) is 7. The smallest absolute Gasteiger partial charge is 0.241 e. The number of hydrogen-bond donors (Lipinski definition) is 2. The summed E-state index contributed by atoms with van der Waals surface area (Å²) in [5.74, 6) is 0.682. The van der Waals surface area contributed by atoms with Crippen molar-refractivity contribution in [3.63, 3.8) is 0 Å². The fourth-order valence-electron chi connectivity index (χ4n) is 2.42. The molecule has 0 aliphatic carbocycles. The van der Waals surface area contributed by atoms with Gasteiger partial charge in [-0.15, -0.1) is 5.10 Å². The van der Waals surface area contributed by atoms with E-state index in [9.17, 15) is 0 Å². The van der Waals surface area contributed by atoms with Gasteiger partial charge in [-0.2, -0.15) is 9.67 Å². The number of hydrogen-bond acceptors (Lipinski definition) is 7. The molecule has 0 unspecified atom stereocenters. The van der Waals surface area contributed by atoms with E-state index in [1.54, 1.807) is 6.33 Å². The normalized spacial score (nSPS) is 11.1. The molecule has 0 saturated heterocycles. The molecule has 4 aromatic rings. The second kappa shape index (κ2) is 5.05. The Morgan fingerprint density at radius 3 is 2.57 bits per heavy atom. The summed E-state index contributed by atoms with van der Waals surface area (Å²) in [4.78, 5) is 16.8. The first-order valence-corrected chi connectivity index (χ1v) is 6.90. The lowest BCUT2D eigenvalue weighted by Crippen LogP contribution is -2.07. The van der Waals surface area contributed by atoms with Gasteiger partial charge >= 0.3 is 0 Å². The van der Waals surface area contributed by atoms with E-state index in [2.05, 4.69) is 25.0 Å². The number of benzene rings is 1. The summed E-state index contributed by atoms with van der Waals surface area (Å²) in [5.41, 5.74) is 13.8. The molecular weight excluding hydrogens is 294 g/mol. The molecule has 0 amide bonds. The molecule has 4 N–H and O–H groups in total. The van der Waals surface area contributed by atoms with Crippen LogP contribution in [-0.2, 0) is 6.54 Å². The number of fused-ring (bicyclic) bond motifs is 1. The molecule has 3 heterocycles. The third-order valence-corrected chi connectivity index (χ3v) is 3.43. The van der Waals surface area contributed by atoms with Gasteiger partial charge in [0, 0.05) is 0 Å². The van der Waals surface area contributed by atoms with Gasteiger partial charge in [0.05, 0.1) is 12.9 Å². The minimum atomic E-state index is 0.0815. The van der Waals surface area contributed by atoms with Gasteiger partial charge in [0.2, 0.25) is 11.9 Å². The average molecular weight is 307 g/mol. The van der Waals surface area contributed by atoms with Crippen LogP contribution in [0.5, 0.6) is 0 Å². The van der Waals surface area contributed by atoms with Crippen molar-refractivity contribution in [3.8, 4) is 5.82 Å². The largest absolute Gasteiger partial charge is 0.368 e. The maximum absolute atomic E-state index is 5.81. The molecule has 1 aromatic carbocycles. The zero-order valence-corrected chi connectivity index (χ0v) is 12.0. The lowest BCUT2D eigenvalue weighted by molar-refractivity contribution is 0.811. The topological polar surface area (TPSA) is 126 Å². The molecule has 0 bridgehead atoms. The molecule has 4 rings (SSSR count). The van der Waals surface area contributed by atoms with Gasteiger partial charge in [-0.25, -0.2) is 15.0 Å². The number of aromatic nitrogens is 7. The van der Waals surface area contributed by atoms with Gasteiger partial charge in [0.1, 0.15) is 6.33 Å². The van der Waals surface area contributed by atoms with Crippen LogP contribution in [0.1, 0.15) is 5.56 Å². The van der Waals surface area contributed by atoms with E-state index >= 15 is 0 Å². The van der Waals surface area contributed by atoms with Crippen LogP contribution in [0.2, 0.25) is 0 Å². The van der Waals surface area contributed by atoms with Gasteiger partial charge in [-0.1, -0.05) is 30.3 Å². The minimum Gasteiger partial charge on any atom is -0.368 e. The molecule has 9 heteroatoms. The van der Waals surface area contributed by atoms with Crippen molar-refractivity contribution in [2.24, 2.45) is 0 Å². The predicted octanol–water partition coefficient (Wildman–Crippen LogP) is 0.620. The minimum absolute atomic E-state index is 0.0815. The van der Waals surface area contributed by atoms with Gasteiger partial charge < -0.3 is 16.0 Å². The van der Waals surface area contributed by atoms with E-state index in [0.29, 0.717) is 23.5 Å². The highest BCUT2D eigenvalue weighted by molar-refractivity contribution is 5.78. The van der Waals surface area contributed by atoms with Crippen LogP contribution in [0.15, 0.2) is 43.0 Å². The number of rotatable bonds is 3. The SMILES string of the molecule is Nc1nc(N)n(-c2ncnc3c2ncn3Cc2ccccc2)n1. The van der Waals surface area contributed by atoms with Crippen LogP contribution in [0.4, 0.5) is 11.9 Å². The summed E-state index contributed by atoms with van der Waals surface area (Å²) in [7, 11) is 0. The number of anilines is 2. The van der Waals surface area contributed by atoms with Crippen molar-refractivity contribution in [1.82, 2.24) is 34.3 Å². The van der Waals surface area contributed by atoms with Crippen LogP contribution < -0.4 is 11.5 Å². The molecule has 23 heavy (non-hydrogen) atoms. The molecule has 0 atom stereocenters. The molecule has 0 spiro atoms. The summed E-state index contributed by atoms with van der Waals surface area (Å²) in [5, 5.41) is 4.04. The van der Waals surface area contributed by atoms with Crippen molar-refractivity contribution in [2.75, 3.05) is 11.5 Å². The van der Waals surface area contributed by atoms with Gasteiger partial charge in [-0.05, 0) is 5.56 Å². The predicted molar refractivity (Wildman–Crippen MR) is 84.6 cm³/mol. The fraction of sp³-hybridized carbons (Fsp3) is 0.0714. The highest BCUT2D eigenvalue weighted by atomic mass is 15.4. The van der Waals surface area contributed by atoms with Crippen molar-refractivity contribution >= 4 is 23.1 Å². The first-order valence-electron chi connectivity index (χ1n) is 6.90. The molecular formula is C14H13N9. The highest BCUT2D eigenvalue weighted by Crippen LogP contribution is 2.19. The summed E-state index contributed by atoms with van der Waals surface area (Å²) in [6, 6.07) is 10.1. The second-order valence-corrected chi connectivity index (χ2v) is 4.97. The zero-order valence-electron chi connectivity index (χ0n) is 12.0. The Balaban J connectivity index is 1.82. The first kappa shape index (κ1) is 13.2. The van der Waals surface area contributed by atoms with E-state index < -0.39 is 0 Å². The van der Waals surface area contributed by atoms with Crippen LogP contribution in [0.3, 0.4) is 0 Å². The van der Waals surface area contributed by atoms with Gasteiger partial charge in [0.25, 0.3) is 0 Å². The van der Waals surface area contributed by atoms with Crippen LogP contribution in [0.25, 0.3) is 17.0 Å². The monoisotopic (exact) mass is 307 g/mol. The molecule has 0 saturated carbocycles. The van der Waals surface area contributed by atoms with Crippen molar-refractivity contribution in [1.29, 1.82) is 0 Å². The van der Waals surface area contributed by atoms with E-state index in [1.165, 1.54) is 11.0 Å². The lowest BCUT2D eigenvalue weighted by atomic mass is 10.2. The maximum Gasteiger partial charge on any atom is 0.241 e. The standard InChI is InChI=1S/C14H13N9/c15-13-20-14(16)23(21-13)12-10-11(17-7-18-12)22(8-19-10)6-9-4-2-1-3-5-9/h1-5,7-8H,6H2,(H4,15,16,20,21). The molecule has 0 fully saturated rings. The van der Waals surface area contributed by atoms with Crippen molar-refractivity contribution in [2.45, 2.75) is 6.54 Å². The van der Waals surface area contributed by atoms with Gasteiger partial charge in [0.15, 0.2) is 17.0 Å². The summed E-state index contributed by atoms with van der Waals surface area (Å²) in [6.07, 6.45) is 3.16. The zero-order chi connectivity index (χ0) is 15.8. The van der Waals surface area contributed by atoms with Crippen LogP contribution in [0, 0.1) is 0 Å². The molecule has 9 nitrogen and oxygen atoms in total. The molecule has 3 aromatic heterocycles. The Bertz CT molecular complexity index is 971. The Hall–Kier alpha value is -3.49. The number of imidazole rings is 1. The van der Waals surface area contributed by atoms with E-state index in [0.717, 1.165) is 5.56 Å². The van der Waals surface area contributed by atoms with E-state index in [-0.39, 0.29) is 11.9 Å². The Labute approximate surface area is 130 Å². The van der Waals surface area contributed by atoms with E-state index in [4.69, 9.17) is 11.5 Å². The molecule has 0 aliphatic heterocycles. The Morgan fingerprint density at radius 2 is 1.83 bits per heavy atom. The highest BCUT2D eigenvalue weighted by Gasteiger charge is 2.15. The Kier molecular flexibility index (Phi) is 2.90. The summed E-state index contributed by atoms with van der Waals surface area (Å²) in [6.45, 7) is 0.656. The quantitative estimate of drug-likeness (QED) is 0.568. The second-order valence-electron chi connectivity index (χ2n) is 4.97. The third kappa shape index (κ3) is 2.24. The van der Waals surface area contributed by atoms with Crippen molar-refractivity contribution < 1.29 is 0 Å². The summed E-state index contributed by atoms with van der Waals surface area (Å²) < 4.78 is 3.30. The Morgan fingerprint density at radius 1 is 1.00 bits per heavy atom. The number of nitrogen functional groups attached to an aromatic ring is 2. The average Bonchev–Trinajstić information content (AvgIpc) is 3.11. The fourth-order valence-corrected chi connectivity index (χ4v) is 2.42. The molecule has 0 aliphatic rings. The van der Waals surface area contributed by atoms with Crippen LogP contribution in [-0.4, -0.2) is 34.3 Å². The molecule has 0 radical (unpaired) electrons. The van der Waals surface area contributed by atoms with E-state index in [1.807, 2.05) is 34.9 Å². The van der Waals surface area contributed by atoms with Gasteiger partial charge in [-0.3, -0.25) is 0 Å². The molecule has 114 valence electrons. The lowest BCUT2D eigenvalue weighted by Gasteiger charge is -2.05. The van der Waals surface area contributed by atoms with Crippen molar-refractivity contribution in [3.05, 3.63) is 48.5 Å². The van der Waals surface area contributed by atoms with Crippen LogP contribution >= 0.6 is 0 Å². The summed E-state index contributed by atoms with van der Waals surface area (Å²) >= 11 is 0. The maximum atomic E-state index is 5.81. The number of nitrogens with two attached hydrogens (primary N) is 2. The first-order chi connectivity index (χ1) is 11.2. The third-order valence-electron chi connectivity index (χ3n) is 3.43.